The molecule has 1 aromatic carbocycles. The number of rotatable bonds is 6. The zero-order valence-corrected chi connectivity index (χ0v) is 18.1. The molecule has 1 fully saturated rings. The summed E-state index contributed by atoms with van der Waals surface area (Å²) in [4.78, 5) is 19.6. The minimum atomic E-state index is -0.0483. The van der Waals surface area contributed by atoms with Crippen molar-refractivity contribution < 1.29 is 9.53 Å². The maximum atomic E-state index is 13.1. The van der Waals surface area contributed by atoms with Crippen LogP contribution in [0.1, 0.15) is 41.0 Å². The molecule has 158 valence electrons. The number of aryl methyl sites for hydroxylation is 1. The van der Waals surface area contributed by atoms with Crippen molar-refractivity contribution >= 4 is 22.9 Å². The lowest BCUT2D eigenvalue weighted by molar-refractivity contribution is -0.131. The van der Waals surface area contributed by atoms with Crippen molar-refractivity contribution in [1.82, 2.24) is 24.5 Å². The summed E-state index contributed by atoms with van der Waals surface area (Å²) in [5.74, 6) is 1.72. The summed E-state index contributed by atoms with van der Waals surface area (Å²) in [6.07, 6.45) is 4.10. The van der Waals surface area contributed by atoms with Crippen LogP contribution >= 0.6 is 11.3 Å². The number of thiazole rings is 1. The third-order valence-corrected chi connectivity index (χ3v) is 6.40. The van der Waals surface area contributed by atoms with E-state index in [2.05, 4.69) is 15.2 Å². The Kier molecular flexibility index (Phi) is 5.38. The summed E-state index contributed by atoms with van der Waals surface area (Å²) in [5, 5.41) is 11.4. The highest BCUT2D eigenvalue weighted by Gasteiger charge is 2.33. The molecule has 4 aromatic rings. The average molecular weight is 434 g/mol. The molecule has 1 atom stereocenters. The van der Waals surface area contributed by atoms with Crippen molar-refractivity contribution in [2.45, 2.75) is 38.8 Å². The first-order valence-corrected chi connectivity index (χ1v) is 11.3. The van der Waals surface area contributed by atoms with Gasteiger partial charge in [0.05, 0.1) is 18.2 Å². The molecule has 0 N–H and O–H groups in total. The molecule has 1 aliphatic heterocycles. The first kappa shape index (κ1) is 19.7. The fraction of sp³-hybridized carbons (Fsp3) is 0.304. The monoisotopic (exact) mass is 433 g/mol. The van der Waals surface area contributed by atoms with Gasteiger partial charge in [0, 0.05) is 18.1 Å². The van der Waals surface area contributed by atoms with E-state index in [9.17, 15) is 4.79 Å². The number of likely N-dealkylation sites (tertiary alicyclic amines) is 1. The van der Waals surface area contributed by atoms with Gasteiger partial charge in [-0.25, -0.2) is 4.98 Å². The van der Waals surface area contributed by atoms with E-state index < -0.39 is 0 Å². The van der Waals surface area contributed by atoms with E-state index in [-0.39, 0.29) is 18.4 Å². The van der Waals surface area contributed by atoms with Crippen molar-refractivity contribution in [2.75, 3.05) is 6.54 Å². The first-order valence-electron chi connectivity index (χ1n) is 10.4. The van der Waals surface area contributed by atoms with Gasteiger partial charge in [-0.2, -0.15) is 0 Å². The number of ether oxygens (including phenoxy) is 1. The Balaban J connectivity index is 1.24. The molecule has 4 heterocycles. The van der Waals surface area contributed by atoms with Crippen LogP contribution < -0.4 is 4.74 Å². The molecule has 0 bridgehead atoms. The Hall–Kier alpha value is -3.26. The number of benzene rings is 1. The second kappa shape index (κ2) is 8.47. The van der Waals surface area contributed by atoms with Gasteiger partial charge in [-0.15, -0.1) is 21.5 Å². The van der Waals surface area contributed by atoms with Crippen LogP contribution in [0.5, 0.6) is 5.75 Å². The molecule has 31 heavy (non-hydrogen) atoms. The molecule has 1 amide bonds. The van der Waals surface area contributed by atoms with E-state index in [1.807, 2.05) is 70.3 Å². The van der Waals surface area contributed by atoms with Crippen molar-refractivity contribution in [3.05, 3.63) is 76.1 Å². The standard InChI is InChI=1S/C23H23N5O2S/c1-16-7-9-18(10-8-16)30-14-21-24-17(15-31-21)13-22(29)27-12-4-5-19(27)23-26-25-20-6-2-3-11-28(20)23/h2-3,6-11,15,19H,4-5,12-14H2,1H3. The number of hydrogen-bond donors (Lipinski definition) is 0. The van der Waals surface area contributed by atoms with Gasteiger partial charge >= 0.3 is 0 Å². The summed E-state index contributed by atoms with van der Waals surface area (Å²) in [6, 6.07) is 13.7. The smallest absolute Gasteiger partial charge is 0.229 e. The van der Waals surface area contributed by atoms with Crippen LogP contribution in [-0.4, -0.2) is 36.9 Å². The molecular formula is C23H23N5O2S. The molecule has 0 spiro atoms. The molecule has 8 heteroatoms. The average Bonchev–Trinajstić information content (AvgIpc) is 3.52. The zero-order valence-electron chi connectivity index (χ0n) is 17.3. The van der Waals surface area contributed by atoms with Gasteiger partial charge in [0.15, 0.2) is 11.5 Å². The van der Waals surface area contributed by atoms with Crippen molar-refractivity contribution in [3.63, 3.8) is 0 Å². The molecule has 3 aromatic heterocycles. The van der Waals surface area contributed by atoms with Gasteiger partial charge in [0.25, 0.3) is 0 Å². The highest BCUT2D eigenvalue weighted by molar-refractivity contribution is 7.09. The molecule has 1 saturated heterocycles. The number of nitrogens with zero attached hydrogens (tertiary/aromatic N) is 5. The van der Waals surface area contributed by atoms with E-state index in [1.165, 1.54) is 16.9 Å². The van der Waals surface area contributed by atoms with Crippen LogP contribution in [0.2, 0.25) is 0 Å². The van der Waals surface area contributed by atoms with Crippen LogP contribution in [0.3, 0.4) is 0 Å². The Morgan fingerprint density at radius 1 is 1.19 bits per heavy atom. The summed E-state index contributed by atoms with van der Waals surface area (Å²) in [6.45, 7) is 3.18. The second-order valence-electron chi connectivity index (χ2n) is 7.74. The van der Waals surface area contributed by atoms with Crippen molar-refractivity contribution in [3.8, 4) is 5.75 Å². The summed E-state index contributed by atoms with van der Waals surface area (Å²) < 4.78 is 7.78. The molecule has 7 nitrogen and oxygen atoms in total. The predicted octanol–water partition coefficient (Wildman–Crippen LogP) is 3.98. The van der Waals surface area contributed by atoms with Crippen molar-refractivity contribution in [1.29, 1.82) is 0 Å². The van der Waals surface area contributed by atoms with Crippen LogP contribution in [0.15, 0.2) is 54.0 Å². The number of hydrogen-bond acceptors (Lipinski definition) is 6. The van der Waals surface area contributed by atoms with Gasteiger partial charge in [-0.05, 0) is 44.0 Å². The minimum absolute atomic E-state index is 0.0483. The summed E-state index contributed by atoms with van der Waals surface area (Å²) in [7, 11) is 0. The number of amides is 1. The van der Waals surface area contributed by atoms with Crippen LogP contribution in [0.4, 0.5) is 0 Å². The molecule has 5 rings (SSSR count). The number of carbonyl (C=O) groups excluding carboxylic acids is 1. The molecule has 1 unspecified atom stereocenters. The zero-order chi connectivity index (χ0) is 21.2. The molecule has 0 saturated carbocycles. The molecule has 0 radical (unpaired) electrons. The Labute approximate surface area is 184 Å². The quantitative estimate of drug-likeness (QED) is 0.460. The number of fused-ring (bicyclic) bond motifs is 1. The Morgan fingerprint density at radius 3 is 2.94 bits per heavy atom. The van der Waals surface area contributed by atoms with E-state index in [0.717, 1.165) is 47.3 Å². The van der Waals surface area contributed by atoms with Gasteiger partial charge in [0.1, 0.15) is 17.4 Å². The fourth-order valence-electron chi connectivity index (χ4n) is 3.95. The van der Waals surface area contributed by atoms with E-state index >= 15 is 0 Å². The number of carbonyl (C=O) groups is 1. The van der Waals surface area contributed by atoms with Crippen molar-refractivity contribution in [2.24, 2.45) is 0 Å². The molecule has 1 aliphatic rings. The molecular weight excluding hydrogens is 410 g/mol. The lowest BCUT2D eigenvalue weighted by Crippen LogP contribution is -2.32. The highest BCUT2D eigenvalue weighted by atomic mass is 32.1. The maximum absolute atomic E-state index is 13.1. The van der Waals surface area contributed by atoms with E-state index in [1.54, 1.807) is 0 Å². The lowest BCUT2D eigenvalue weighted by Gasteiger charge is -2.23. The van der Waals surface area contributed by atoms with Gasteiger partial charge in [0.2, 0.25) is 5.91 Å². The van der Waals surface area contributed by atoms with Crippen LogP contribution in [0.25, 0.3) is 5.65 Å². The van der Waals surface area contributed by atoms with Gasteiger partial charge in [-0.1, -0.05) is 23.8 Å². The predicted molar refractivity (Wildman–Crippen MR) is 118 cm³/mol. The SMILES string of the molecule is Cc1ccc(OCc2nc(CC(=O)N3CCCC3c3nnc4ccccn34)cs2)cc1. The number of pyridine rings is 1. The van der Waals surface area contributed by atoms with Crippen LogP contribution in [0, 0.1) is 6.92 Å². The summed E-state index contributed by atoms with van der Waals surface area (Å²) >= 11 is 1.52. The first-order chi connectivity index (χ1) is 15.2. The van der Waals surface area contributed by atoms with E-state index in [0.29, 0.717) is 6.61 Å². The third kappa shape index (κ3) is 4.16. The van der Waals surface area contributed by atoms with Gasteiger partial charge < -0.3 is 9.64 Å². The lowest BCUT2D eigenvalue weighted by atomic mass is 10.2. The fourth-order valence-corrected chi connectivity index (χ4v) is 4.66. The van der Waals surface area contributed by atoms with Gasteiger partial charge in [-0.3, -0.25) is 9.20 Å². The largest absolute Gasteiger partial charge is 0.486 e. The Morgan fingerprint density at radius 2 is 2.06 bits per heavy atom. The van der Waals surface area contributed by atoms with Crippen LogP contribution in [-0.2, 0) is 17.8 Å². The number of aromatic nitrogens is 4. The Bertz CT molecular complexity index is 1200. The maximum Gasteiger partial charge on any atom is 0.229 e. The molecule has 0 aliphatic carbocycles. The minimum Gasteiger partial charge on any atom is -0.486 e. The topological polar surface area (TPSA) is 72.6 Å². The third-order valence-electron chi connectivity index (χ3n) is 5.53. The second-order valence-corrected chi connectivity index (χ2v) is 8.69. The van der Waals surface area contributed by atoms with E-state index in [4.69, 9.17) is 4.74 Å². The normalized spacial score (nSPS) is 16.2. The summed E-state index contributed by atoms with van der Waals surface area (Å²) in [5.41, 5.74) is 2.78. The highest BCUT2D eigenvalue weighted by Crippen LogP contribution is 2.31.